The third-order valence-corrected chi connectivity index (χ3v) is 5.67. The first-order valence-electron chi connectivity index (χ1n) is 9.39. The Kier molecular flexibility index (Phi) is 6.71. The molecule has 0 saturated heterocycles. The van der Waals surface area contributed by atoms with E-state index in [9.17, 15) is 18.0 Å². The maximum Gasteiger partial charge on any atom is 0.337 e. The zero-order valence-corrected chi connectivity index (χ0v) is 17.9. The molecule has 7 nitrogen and oxygen atoms in total. The van der Waals surface area contributed by atoms with E-state index < -0.39 is 16.0 Å². The molecule has 0 aromatic heterocycles. The zero-order chi connectivity index (χ0) is 22.4. The lowest BCUT2D eigenvalue weighted by Gasteiger charge is -2.22. The molecule has 0 heterocycles. The van der Waals surface area contributed by atoms with Crippen LogP contribution in [0.25, 0.3) is 0 Å². The number of amides is 1. The summed E-state index contributed by atoms with van der Waals surface area (Å²) in [7, 11) is -2.19. The monoisotopic (exact) mass is 438 g/mol. The number of ether oxygens (including phenoxy) is 1. The van der Waals surface area contributed by atoms with Gasteiger partial charge < -0.3 is 10.1 Å². The first kappa shape index (κ1) is 22.0. The van der Waals surface area contributed by atoms with Gasteiger partial charge in [0.1, 0.15) is 0 Å². The van der Waals surface area contributed by atoms with Crippen LogP contribution in [0.5, 0.6) is 0 Å². The molecular weight excluding hydrogens is 416 g/mol. The summed E-state index contributed by atoms with van der Waals surface area (Å²) in [6, 6.07) is 21.9. The van der Waals surface area contributed by atoms with Gasteiger partial charge in [0.2, 0.25) is 10.0 Å². The molecule has 0 bridgehead atoms. The lowest BCUT2D eigenvalue weighted by Crippen LogP contribution is -2.29. The number of para-hydroxylation sites is 1. The third-order valence-electron chi connectivity index (χ3n) is 4.53. The summed E-state index contributed by atoms with van der Waals surface area (Å²) in [6.45, 7) is 0.145. The van der Waals surface area contributed by atoms with E-state index in [1.807, 2.05) is 6.07 Å². The number of methoxy groups -OCH3 is 1. The Bertz CT molecular complexity index is 1180. The van der Waals surface area contributed by atoms with Crippen LogP contribution < -0.4 is 9.62 Å². The number of carbonyl (C=O) groups excluding carboxylic acids is 2. The number of anilines is 2. The van der Waals surface area contributed by atoms with Gasteiger partial charge in [-0.15, -0.1) is 0 Å². The highest BCUT2D eigenvalue weighted by Gasteiger charge is 2.18. The number of nitrogens with zero attached hydrogens (tertiary/aromatic N) is 1. The van der Waals surface area contributed by atoms with E-state index in [2.05, 4.69) is 10.1 Å². The minimum Gasteiger partial charge on any atom is -0.465 e. The highest BCUT2D eigenvalue weighted by molar-refractivity contribution is 7.92. The Morgan fingerprint density at radius 2 is 1.58 bits per heavy atom. The molecule has 1 amide bonds. The number of nitrogens with one attached hydrogen (secondary N) is 1. The van der Waals surface area contributed by atoms with E-state index in [1.165, 1.54) is 17.5 Å². The number of hydrogen-bond acceptors (Lipinski definition) is 5. The van der Waals surface area contributed by atoms with Gasteiger partial charge in [0.15, 0.2) is 0 Å². The third kappa shape index (κ3) is 5.70. The predicted molar refractivity (Wildman–Crippen MR) is 120 cm³/mol. The standard InChI is InChI=1S/C23H22N2O5S/c1-30-23(27)19-7-6-8-20(15-19)24-22(26)18-13-11-17(12-14-18)16-25(31(2,28)29)21-9-4-3-5-10-21/h3-15H,16H2,1-2H3,(H,24,26). The average Bonchev–Trinajstić information content (AvgIpc) is 2.77. The van der Waals surface area contributed by atoms with Crippen LogP contribution in [-0.4, -0.2) is 33.7 Å². The fourth-order valence-electron chi connectivity index (χ4n) is 2.97. The Hall–Kier alpha value is -3.65. The van der Waals surface area contributed by atoms with Crippen molar-refractivity contribution in [3.8, 4) is 0 Å². The van der Waals surface area contributed by atoms with Crippen molar-refractivity contribution < 1.29 is 22.7 Å². The van der Waals surface area contributed by atoms with Crippen molar-refractivity contribution >= 4 is 33.3 Å². The Morgan fingerprint density at radius 3 is 2.19 bits per heavy atom. The molecule has 0 atom stereocenters. The second kappa shape index (κ2) is 9.44. The summed E-state index contributed by atoms with van der Waals surface area (Å²) < 4.78 is 30.5. The number of hydrogen-bond donors (Lipinski definition) is 1. The second-order valence-corrected chi connectivity index (χ2v) is 8.74. The molecule has 3 rings (SSSR count). The van der Waals surface area contributed by atoms with Crippen molar-refractivity contribution in [2.45, 2.75) is 6.54 Å². The zero-order valence-electron chi connectivity index (χ0n) is 17.1. The van der Waals surface area contributed by atoms with Crippen LogP contribution in [0.3, 0.4) is 0 Å². The maximum atomic E-state index is 12.5. The molecule has 3 aromatic carbocycles. The Morgan fingerprint density at radius 1 is 0.903 bits per heavy atom. The largest absolute Gasteiger partial charge is 0.465 e. The number of sulfonamides is 1. The molecule has 0 spiro atoms. The molecule has 0 radical (unpaired) electrons. The van der Waals surface area contributed by atoms with Gasteiger partial charge in [-0.1, -0.05) is 36.4 Å². The van der Waals surface area contributed by atoms with Gasteiger partial charge >= 0.3 is 5.97 Å². The second-order valence-electron chi connectivity index (χ2n) is 6.83. The van der Waals surface area contributed by atoms with Gasteiger partial charge in [-0.25, -0.2) is 13.2 Å². The lowest BCUT2D eigenvalue weighted by atomic mass is 10.1. The van der Waals surface area contributed by atoms with E-state index in [0.717, 1.165) is 11.8 Å². The lowest BCUT2D eigenvalue weighted by molar-refractivity contribution is 0.0600. The summed E-state index contributed by atoms with van der Waals surface area (Å²) in [5.74, 6) is -0.842. The topological polar surface area (TPSA) is 92.8 Å². The van der Waals surface area contributed by atoms with Crippen LogP contribution in [0.2, 0.25) is 0 Å². The molecule has 1 N–H and O–H groups in total. The molecular formula is C23H22N2O5S. The van der Waals surface area contributed by atoms with Crippen LogP contribution in [0, 0.1) is 0 Å². The van der Waals surface area contributed by atoms with E-state index in [0.29, 0.717) is 22.5 Å². The van der Waals surface area contributed by atoms with Crippen LogP contribution in [0.15, 0.2) is 78.9 Å². The summed E-state index contributed by atoms with van der Waals surface area (Å²) in [5, 5.41) is 2.73. The first-order valence-corrected chi connectivity index (χ1v) is 11.2. The molecule has 0 aliphatic carbocycles. The van der Waals surface area contributed by atoms with Crippen molar-refractivity contribution in [3.05, 3.63) is 95.6 Å². The van der Waals surface area contributed by atoms with Crippen molar-refractivity contribution in [1.82, 2.24) is 0 Å². The molecule has 8 heteroatoms. The van der Waals surface area contributed by atoms with Crippen LogP contribution in [0.4, 0.5) is 11.4 Å². The number of esters is 1. The smallest absolute Gasteiger partial charge is 0.337 e. The molecule has 0 aliphatic rings. The number of carbonyl (C=O) groups is 2. The molecule has 0 aliphatic heterocycles. The van der Waals surface area contributed by atoms with Gasteiger partial charge in [0.25, 0.3) is 5.91 Å². The van der Waals surface area contributed by atoms with Gasteiger partial charge in [0, 0.05) is 11.3 Å². The van der Waals surface area contributed by atoms with Gasteiger partial charge in [-0.2, -0.15) is 0 Å². The van der Waals surface area contributed by atoms with Crippen LogP contribution in [0.1, 0.15) is 26.3 Å². The van der Waals surface area contributed by atoms with Gasteiger partial charge in [0.05, 0.1) is 31.2 Å². The maximum absolute atomic E-state index is 12.5. The summed E-state index contributed by atoms with van der Waals surface area (Å²) in [6.07, 6.45) is 1.16. The SMILES string of the molecule is COC(=O)c1cccc(NC(=O)c2ccc(CN(c3ccccc3)S(C)(=O)=O)cc2)c1. The van der Waals surface area contributed by atoms with E-state index in [-0.39, 0.29) is 12.5 Å². The highest BCUT2D eigenvalue weighted by Crippen LogP contribution is 2.20. The number of benzene rings is 3. The number of rotatable bonds is 7. The van der Waals surface area contributed by atoms with Crippen LogP contribution in [-0.2, 0) is 21.3 Å². The quantitative estimate of drug-likeness (QED) is 0.568. The molecule has 0 unspecified atom stereocenters. The van der Waals surface area contributed by atoms with Crippen molar-refractivity contribution in [3.63, 3.8) is 0 Å². The molecule has 0 saturated carbocycles. The molecule has 0 fully saturated rings. The molecule has 160 valence electrons. The molecule has 3 aromatic rings. The minimum atomic E-state index is -3.48. The van der Waals surface area contributed by atoms with E-state index >= 15 is 0 Å². The summed E-state index contributed by atoms with van der Waals surface area (Å²) >= 11 is 0. The minimum absolute atomic E-state index is 0.145. The molecule has 31 heavy (non-hydrogen) atoms. The highest BCUT2D eigenvalue weighted by atomic mass is 32.2. The first-order chi connectivity index (χ1) is 14.8. The van der Waals surface area contributed by atoms with E-state index in [4.69, 9.17) is 0 Å². The van der Waals surface area contributed by atoms with Gasteiger partial charge in [-0.3, -0.25) is 9.10 Å². The Labute approximate surface area is 181 Å². The average molecular weight is 439 g/mol. The summed E-state index contributed by atoms with van der Waals surface area (Å²) in [5.41, 5.74) is 2.50. The Balaban J connectivity index is 1.74. The van der Waals surface area contributed by atoms with E-state index in [1.54, 1.807) is 66.7 Å². The summed E-state index contributed by atoms with van der Waals surface area (Å²) in [4.78, 5) is 24.2. The van der Waals surface area contributed by atoms with Crippen LogP contribution >= 0.6 is 0 Å². The van der Waals surface area contributed by atoms with Crippen molar-refractivity contribution in [2.24, 2.45) is 0 Å². The predicted octanol–water partition coefficient (Wildman–Crippen LogP) is 3.69. The van der Waals surface area contributed by atoms with Crippen molar-refractivity contribution in [1.29, 1.82) is 0 Å². The fraction of sp³-hybridized carbons (Fsp3) is 0.130. The van der Waals surface area contributed by atoms with Crippen molar-refractivity contribution in [2.75, 3.05) is 23.0 Å². The van der Waals surface area contributed by atoms with Gasteiger partial charge in [-0.05, 0) is 48.0 Å². The fourth-order valence-corrected chi connectivity index (χ4v) is 3.85. The normalized spacial score (nSPS) is 10.9.